The molecule has 0 saturated heterocycles. The van der Waals surface area contributed by atoms with Crippen molar-refractivity contribution in [2.24, 2.45) is 0 Å². The predicted molar refractivity (Wildman–Crippen MR) is 51.0 cm³/mol. The molecular formula is C7H8F3NO2S2. The highest BCUT2D eigenvalue weighted by molar-refractivity contribution is 7.90. The van der Waals surface area contributed by atoms with Crippen LogP contribution in [0.4, 0.5) is 13.2 Å². The van der Waals surface area contributed by atoms with Crippen LogP contribution in [0.25, 0.3) is 0 Å². The quantitative estimate of drug-likeness (QED) is 0.895. The van der Waals surface area contributed by atoms with Crippen molar-refractivity contribution in [2.45, 2.75) is 11.9 Å². The monoisotopic (exact) mass is 259 g/mol. The first-order valence-electron chi connectivity index (χ1n) is 3.91. The molecule has 1 heterocycles. The number of alkyl halides is 3. The van der Waals surface area contributed by atoms with E-state index in [0.29, 0.717) is 0 Å². The Bertz CT molecular complexity index is 396. The van der Waals surface area contributed by atoms with Gasteiger partial charge in [-0.1, -0.05) is 6.07 Å². The van der Waals surface area contributed by atoms with Gasteiger partial charge in [0.1, 0.15) is 0 Å². The normalized spacial score (nSPS) is 13.0. The number of hydrogen-bond acceptors (Lipinski definition) is 3. The lowest BCUT2D eigenvalue weighted by atomic mass is 10.3. The third-order valence-corrected chi connectivity index (χ3v) is 3.68. The Morgan fingerprint density at radius 3 is 2.53 bits per heavy atom. The molecule has 0 fully saturated rings. The summed E-state index contributed by atoms with van der Waals surface area (Å²) in [4.78, 5) is 0.833. The molecule has 8 heteroatoms. The van der Waals surface area contributed by atoms with Crippen LogP contribution in [0.15, 0.2) is 17.5 Å². The van der Waals surface area contributed by atoms with Crippen molar-refractivity contribution in [2.75, 3.05) is 6.54 Å². The third kappa shape index (κ3) is 3.47. The topological polar surface area (TPSA) is 46.2 Å². The van der Waals surface area contributed by atoms with E-state index in [0.717, 1.165) is 4.88 Å². The largest absolute Gasteiger partial charge is 0.511 e. The van der Waals surface area contributed by atoms with E-state index in [1.807, 2.05) is 0 Å². The van der Waals surface area contributed by atoms with Crippen LogP contribution in [-0.4, -0.2) is 20.5 Å². The van der Waals surface area contributed by atoms with Gasteiger partial charge in [-0.15, -0.1) is 11.3 Å². The van der Waals surface area contributed by atoms with Crippen LogP contribution in [0.1, 0.15) is 4.88 Å². The van der Waals surface area contributed by atoms with Gasteiger partial charge < -0.3 is 0 Å². The molecule has 15 heavy (non-hydrogen) atoms. The van der Waals surface area contributed by atoms with E-state index in [1.165, 1.54) is 16.1 Å². The van der Waals surface area contributed by atoms with E-state index in [-0.39, 0.29) is 13.0 Å². The van der Waals surface area contributed by atoms with E-state index in [4.69, 9.17) is 0 Å². The second-order valence-corrected chi connectivity index (χ2v) is 5.46. The van der Waals surface area contributed by atoms with Crippen molar-refractivity contribution < 1.29 is 21.6 Å². The Balaban J connectivity index is 2.45. The van der Waals surface area contributed by atoms with Gasteiger partial charge in [0, 0.05) is 11.4 Å². The van der Waals surface area contributed by atoms with Crippen LogP contribution < -0.4 is 4.72 Å². The lowest BCUT2D eigenvalue weighted by molar-refractivity contribution is -0.0447. The second kappa shape index (κ2) is 4.50. The maximum Gasteiger partial charge on any atom is 0.511 e. The minimum absolute atomic E-state index is 0.248. The number of sulfonamides is 1. The average Bonchev–Trinajstić information content (AvgIpc) is 2.54. The minimum Gasteiger partial charge on any atom is -0.207 e. The summed E-state index contributed by atoms with van der Waals surface area (Å²) in [6.45, 7) is -0.248. The van der Waals surface area contributed by atoms with Gasteiger partial charge >= 0.3 is 15.5 Å². The van der Waals surface area contributed by atoms with Gasteiger partial charge in [-0.05, 0) is 17.9 Å². The van der Waals surface area contributed by atoms with Crippen molar-refractivity contribution >= 4 is 21.4 Å². The van der Waals surface area contributed by atoms with Crippen molar-refractivity contribution in [3.63, 3.8) is 0 Å². The lowest BCUT2D eigenvalue weighted by Crippen LogP contribution is -2.37. The molecule has 0 bridgehead atoms. The molecule has 0 atom stereocenters. The fourth-order valence-corrected chi connectivity index (χ4v) is 2.09. The number of hydrogen-bond donors (Lipinski definition) is 1. The number of rotatable bonds is 4. The average molecular weight is 259 g/mol. The number of halogens is 3. The summed E-state index contributed by atoms with van der Waals surface area (Å²) in [5.74, 6) is 0. The van der Waals surface area contributed by atoms with Gasteiger partial charge in [-0.2, -0.15) is 13.2 Å². The fourth-order valence-electron chi connectivity index (χ4n) is 0.845. The molecular weight excluding hydrogens is 251 g/mol. The molecule has 1 rings (SSSR count). The molecule has 3 nitrogen and oxygen atoms in total. The molecule has 1 aromatic rings. The highest BCUT2D eigenvalue weighted by atomic mass is 32.2. The lowest BCUT2D eigenvalue weighted by Gasteiger charge is -2.08. The van der Waals surface area contributed by atoms with Crippen LogP contribution in [0.5, 0.6) is 0 Å². The first-order chi connectivity index (χ1) is 6.83. The summed E-state index contributed by atoms with van der Waals surface area (Å²) in [5, 5.41) is 1.77. The van der Waals surface area contributed by atoms with E-state index in [1.54, 1.807) is 17.5 Å². The SMILES string of the molecule is O=S(=O)(NCCc1cccs1)C(F)(F)F. The molecule has 0 aromatic carbocycles. The molecule has 1 N–H and O–H groups in total. The van der Waals surface area contributed by atoms with E-state index < -0.39 is 15.5 Å². The highest BCUT2D eigenvalue weighted by Gasteiger charge is 2.45. The zero-order chi connectivity index (χ0) is 11.5. The summed E-state index contributed by atoms with van der Waals surface area (Å²) >= 11 is 1.36. The Labute approximate surface area is 89.0 Å². The molecule has 0 aliphatic rings. The summed E-state index contributed by atoms with van der Waals surface area (Å²) in [7, 11) is -5.20. The molecule has 0 saturated carbocycles. The van der Waals surface area contributed by atoms with Crippen molar-refractivity contribution in [3.8, 4) is 0 Å². The zero-order valence-electron chi connectivity index (χ0n) is 7.41. The van der Waals surface area contributed by atoms with Crippen LogP contribution in [-0.2, 0) is 16.4 Å². The summed E-state index contributed by atoms with van der Waals surface area (Å²) in [6.07, 6.45) is 0.257. The first kappa shape index (κ1) is 12.5. The number of thiophene rings is 1. The Kier molecular flexibility index (Phi) is 3.74. The summed E-state index contributed by atoms with van der Waals surface area (Å²) in [6, 6.07) is 3.48. The van der Waals surface area contributed by atoms with Crippen LogP contribution in [0.3, 0.4) is 0 Å². The van der Waals surface area contributed by atoms with Crippen molar-refractivity contribution in [3.05, 3.63) is 22.4 Å². The van der Waals surface area contributed by atoms with Gasteiger partial charge in [-0.3, -0.25) is 0 Å². The van der Waals surface area contributed by atoms with Gasteiger partial charge in [-0.25, -0.2) is 13.1 Å². The van der Waals surface area contributed by atoms with Crippen LogP contribution in [0.2, 0.25) is 0 Å². The molecule has 86 valence electrons. The molecule has 0 radical (unpaired) electrons. The minimum atomic E-state index is -5.23. The van der Waals surface area contributed by atoms with Crippen LogP contribution in [0, 0.1) is 0 Å². The van der Waals surface area contributed by atoms with E-state index >= 15 is 0 Å². The van der Waals surface area contributed by atoms with Crippen molar-refractivity contribution in [1.82, 2.24) is 4.72 Å². The van der Waals surface area contributed by atoms with E-state index in [9.17, 15) is 21.6 Å². The van der Waals surface area contributed by atoms with Crippen molar-refractivity contribution in [1.29, 1.82) is 0 Å². The molecule has 1 aromatic heterocycles. The highest BCUT2D eigenvalue weighted by Crippen LogP contribution is 2.21. The van der Waals surface area contributed by atoms with Gasteiger partial charge in [0.15, 0.2) is 0 Å². The Morgan fingerprint density at radius 1 is 1.40 bits per heavy atom. The maximum atomic E-state index is 11.9. The molecule has 0 amide bonds. The zero-order valence-corrected chi connectivity index (χ0v) is 9.05. The summed E-state index contributed by atoms with van der Waals surface area (Å²) < 4.78 is 58.1. The first-order valence-corrected chi connectivity index (χ1v) is 6.27. The van der Waals surface area contributed by atoms with Gasteiger partial charge in [0.25, 0.3) is 0 Å². The standard InChI is InChI=1S/C7H8F3NO2S2/c8-7(9,10)15(12,13)11-4-3-6-2-1-5-14-6/h1-2,5,11H,3-4H2. The smallest absolute Gasteiger partial charge is 0.207 e. The van der Waals surface area contributed by atoms with Crippen LogP contribution >= 0.6 is 11.3 Å². The van der Waals surface area contributed by atoms with Gasteiger partial charge in [0.05, 0.1) is 0 Å². The molecule has 0 aliphatic carbocycles. The molecule has 0 unspecified atom stereocenters. The molecule has 0 aliphatic heterocycles. The predicted octanol–water partition coefficient (Wildman–Crippen LogP) is 1.73. The fraction of sp³-hybridized carbons (Fsp3) is 0.429. The Morgan fingerprint density at radius 2 is 2.07 bits per heavy atom. The van der Waals surface area contributed by atoms with Gasteiger partial charge in [0.2, 0.25) is 0 Å². The maximum absolute atomic E-state index is 11.9. The Hall–Kier alpha value is -0.600. The third-order valence-electron chi connectivity index (χ3n) is 1.55. The number of nitrogens with one attached hydrogen (secondary N) is 1. The van der Waals surface area contributed by atoms with E-state index in [2.05, 4.69) is 0 Å². The summed E-state index contributed by atoms with van der Waals surface area (Å²) in [5.41, 5.74) is -5.23. The second-order valence-electron chi connectivity index (χ2n) is 2.67. The molecule has 0 spiro atoms.